The highest BCUT2D eigenvalue weighted by molar-refractivity contribution is 6.08. The van der Waals surface area contributed by atoms with E-state index in [4.69, 9.17) is 0 Å². The van der Waals surface area contributed by atoms with Crippen molar-refractivity contribution in [2.45, 2.75) is 19.8 Å². The number of rotatable bonds is 3. The molecule has 0 spiro atoms. The number of hydrogen-bond acceptors (Lipinski definition) is 2. The normalized spacial score (nSPS) is 19.6. The van der Waals surface area contributed by atoms with Crippen LogP contribution < -0.4 is 10.6 Å². The summed E-state index contributed by atoms with van der Waals surface area (Å²) in [6, 6.07) is 9.29. The SMILES string of the molecule is Cc1ccc([C@H]2CNC(=O)[C@@H]2C(=O)Nc2cccc(F)c2F)cc1C. The predicted octanol–water partition coefficient (Wildman–Crippen LogP) is 3.05. The Bertz CT molecular complexity index is 851. The molecule has 2 amide bonds. The predicted molar refractivity (Wildman–Crippen MR) is 90.1 cm³/mol. The molecule has 6 heteroatoms. The fourth-order valence-corrected chi connectivity index (χ4v) is 3.04. The van der Waals surface area contributed by atoms with Gasteiger partial charge in [0, 0.05) is 12.5 Å². The van der Waals surface area contributed by atoms with Crippen LogP contribution in [0.1, 0.15) is 22.6 Å². The van der Waals surface area contributed by atoms with Crippen molar-refractivity contribution >= 4 is 17.5 Å². The molecule has 1 aliphatic rings. The lowest BCUT2D eigenvalue weighted by Crippen LogP contribution is -2.32. The molecule has 2 aromatic carbocycles. The highest BCUT2D eigenvalue weighted by Crippen LogP contribution is 2.31. The van der Waals surface area contributed by atoms with Crippen molar-refractivity contribution in [1.82, 2.24) is 5.32 Å². The van der Waals surface area contributed by atoms with Gasteiger partial charge >= 0.3 is 0 Å². The first kappa shape index (κ1) is 17.1. The highest BCUT2D eigenvalue weighted by atomic mass is 19.2. The summed E-state index contributed by atoms with van der Waals surface area (Å²) in [6.07, 6.45) is 0. The van der Waals surface area contributed by atoms with Gasteiger partial charge in [-0.2, -0.15) is 0 Å². The number of anilines is 1. The van der Waals surface area contributed by atoms with E-state index in [1.807, 2.05) is 32.0 Å². The van der Waals surface area contributed by atoms with Gasteiger partial charge in [0.2, 0.25) is 11.8 Å². The van der Waals surface area contributed by atoms with E-state index in [-0.39, 0.29) is 11.6 Å². The summed E-state index contributed by atoms with van der Waals surface area (Å²) in [7, 11) is 0. The Morgan fingerprint density at radius 2 is 1.92 bits per heavy atom. The number of nitrogens with one attached hydrogen (secondary N) is 2. The van der Waals surface area contributed by atoms with E-state index in [2.05, 4.69) is 10.6 Å². The van der Waals surface area contributed by atoms with Gasteiger partial charge in [-0.15, -0.1) is 0 Å². The van der Waals surface area contributed by atoms with Crippen molar-refractivity contribution in [3.63, 3.8) is 0 Å². The second-order valence-corrected chi connectivity index (χ2v) is 6.26. The summed E-state index contributed by atoms with van der Waals surface area (Å²) in [5.74, 6) is -4.62. The van der Waals surface area contributed by atoms with E-state index in [1.165, 1.54) is 12.1 Å². The van der Waals surface area contributed by atoms with Crippen LogP contribution in [0, 0.1) is 31.4 Å². The quantitative estimate of drug-likeness (QED) is 0.841. The standard InChI is InChI=1S/C19H18F2N2O2/c1-10-6-7-12(8-11(10)2)13-9-22-18(24)16(13)19(25)23-15-5-3-4-14(20)17(15)21/h3-8,13,16H,9H2,1-2H3,(H,22,24)(H,23,25)/t13-,16-/m1/s1. The van der Waals surface area contributed by atoms with Crippen molar-refractivity contribution in [1.29, 1.82) is 0 Å². The van der Waals surface area contributed by atoms with Gasteiger partial charge in [0.25, 0.3) is 0 Å². The van der Waals surface area contributed by atoms with Crippen LogP contribution in [0.4, 0.5) is 14.5 Å². The van der Waals surface area contributed by atoms with E-state index in [0.717, 1.165) is 22.8 Å². The first-order valence-corrected chi connectivity index (χ1v) is 7.98. The summed E-state index contributed by atoms with van der Waals surface area (Å²) in [5.41, 5.74) is 2.76. The van der Waals surface area contributed by atoms with Gasteiger partial charge in [0.15, 0.2) is 11.6 Å². The lowest BCUT2D eigenvalue weighted by molar-refractivity contribution is -0.130. The third kappa shape index (κ3) is 3.24. The summed E-state index contributed by atoms with van der Waals surface area (Å²) in [4.78, 5) is 24.7. The van der Waals surface area contributed by atoms with Crippen molar-refractivity contribution in [2.75, 3.05) is 11.9 Å². The molecule has 0 bridgehead atoms. The molecule has 1 heterocycles. The number of halogens is 2. The second kappa shape index (κ2) is 6.63. The number of carbonyl (C=O) groups is 2. The Balaban J connectivity index is 1.87. The first-order chi connectivity index (χ1) is 11.9. The van der Waals surface area contributed by atoms with Crippen LogP contribution in [-0.2, 0) is 9.59 Å². The summed E-state index contributed by atoms with van der Waals surface area (Å²) < 4.78 is 27.1. The molecular formula is C19H18F2N2O2. The van der Waals surface area contributed by atoms with Gasteiger partial charge in [0.05, 0.1) is 5.69 Å². The van der Waals surface area contributed by atoms with Crippen LogP contribution in [0.25, 0.3) is 0 Å². The molecule has 2 aromatic rings. The Morgan fingerprint density at radius 1 is 1.16 bits per heavy atom. The molecule has 25 heavy (non-hydrogen) atoms. The molecule has 2 atom stereocenters. The van der Waals surface area contributed by atoms with E-state index >= 15 is 0 Å². The van der Waals surface area contributed by atoms with Gasteiger partial charge < -0.3 is 10.6 Å². The average Bonchev–Trinajstić information content (AvgIpc) is 2.96. The zero-order valence-electron chi connectivity index (χ0n) is 13.9. The monoisotopic (exact) mass is 344 g/mol. The first-order valence-electron chi connectivity index (χ1n) is 7.98. The van der Waals surface area contributed by atoms with Crippen LogP contribution >= 0.6 is 0 Å². The third-order valence-electron chi connectivity index (χ3n) is 4.63. The average molecular weight is 344 g/mol. The Morgan fingerprint density at radius 3 is 2.64 bits per heavy atom. The minimum atomic E-state index is -1.14. The maximum atomic E-state index is 13.8. The van der Waals surface area contributed by atoms with Gasteiger partial charge in [-0.1, -0.05) is 24.3 Å². The van der Waals surface area contributed by atoms with E-state index < -0.39 is 29.4 Å². The van der Waals surface area contributed by atoms with Crippen molar-refractivity contribution in [3.8, 4) is 0 Å². The smallest absolute Gasteiger partial charge is 0.237 e. The zero-order valence-corrected chi connectivity index (χ0v) is 13.9. The Labute approximate surface area is 144 Å². The molecule has 4 nitrogen and oxygen atoms in total. The molecule has 1 saturated heterocycles. The molecule has 0 unspecified atom stereocenters. The maximum absolute atomic E-state index is 13.8. The van der Waals surface area contributed by atoms with Crippen molar-refractivity contribution < 1.29 is 18.4 Å². The van der Waals surface area contributed by atoms with E-state index in [1.54, 1.807) is 0 Å². The van der Waals surface area contributed by atoms with Gasteiger partial charge in [-0.05, 0) is 42.7 Å². The summed E-state index contributed by atoms with van der Waals surface area (Å²) >= 11 is 0. The van der Waals surface area contributed by atoms with Gasteiger partial charge in [0.1, 0.15) is 5.92 Å². The van der Waals surface area contributed by atoms with Crippen LogP contribution in [0.15, 0.2) is 36.4 Å². The highest BCUT2D eigenvalue weighted by Gasteiger charge is 2.41. The van der Waals surface area contributed by atoms with Crippen LogP contribution in [0.3, 0.4) is 0 Å². The third-order valence-corrected chi connectivity index (χ3v) is 4.63. The Hall–Kier alpha value is -2.76. The van der Waals surface area contributed by atoms with E-state index in [0.29, 0.717) is 6.54 Å². The summed E-state index contributed by atoms with van der Waals surface area (Å²) in [5, 5.41) is 5.01. The van der Waals surface area contributed by atoms with Crippen molar-refractivity contribution in [3.05, 3.63) is 64.7 Å². The molecule has 0 radical (unpaired) electrons. The topological polar surface area (TPSA) is 58.2 Å². The maximum Gasteiger partial charge on any atom is 0.237 e. The molecule has 0 saturated carbocycles. The fraction of sp³-hybridized carbons (Fsp3) is 0.263. The second-order valence-electron chi connectivity index (χ2n) is 6.26. The summed E-state index contributed by atoms with van der Waals surface area (Å²) in [6.45, 7) is 4.26. The lowest BCUT2D eigenvalue weighted by Gasteiger charge is -2.18. The van der Waals surface area contributed by atoms with Crippen LogP contribution in [0.2, 0.25) is 0 Å². The number of aryl methyl sites for hydroxylation is 2. The Kier molecular flexibility index (Phi) is 4.53. The fourth-order valence-electron chi connectivity index (χ4n) is 3.04. The number of amides is 2. The lowest BCUT2D eigenvalue weighted by atomic mass is 9.86. The van der Waals surface area contributed by atoms with E-state index in [9.17, 15) is 18.4 Å². The van der Waals surface area contributed by atoms with Crippen molar-refractivity contribution in [2.24, 2.45) is 5.92 Å². The molecule has 0 aliphatic carbocycles. The molecule has 3 rings (SSSR count). The zero-order chi connectivity index (χ0) is 18.1. The number of benzene rings is 2. The number of hydrogen-bond donors (Lipinski definition) is 2. The molecular weight excluding hydrogens is 326 g/mol. The molecule has 1 aliphatic heterocycles. The van der Waals surface area contributed by atoms with Gasteiger partial charge in [-0.25, -0.2) is 8.78 Å². The molecule has 1 fully saturated rings. The molecule has 130 valence electrons. The molecule has 0 aromatic heterocycles. The minimum absolute atomic E-state index is 0.275. The molecule has 2 N–H and O–H groups in total. The van der Waals surface area contributed by atoms with Crippen LogP contribution in [-0.4, -0.2) is 18.4 Å². The van der Waals surface area contributed by atoms with Crippen LogP contribution in [0.5, 0.6) is 0 Å². The van der Waals surface area contributed by atoms with Gasteiger partial charge in [-0.3, -0.25) is 9.59 Å². The number of carbonyl (C=O) groups excluding carboxylic acids is 2. The minimum Gasteiger partial charge on any atom is -0.355 e. The largest absolute Gasteiger partial charge is 0.355 e.